The summed E-state index contributed by atoms with van der Waals surface area (Å²) >= 11 is 0. The number of nitrogens with one attached hydrogen (secondary N) is 1. The molecule has 0 saturated heterocycles. The maximum atomic E-state index is 13.3. The summed E-state index contributed by atoms with van der Waals surface area (Å²) in [6, 6.07) is 13.6. The first kappa shape index (κ1) is 15.5. The van der Waals surface area contributed by atoms with Crippen LogP contribution in [-0.4, -0.2) is 21.5 Å². The number of carbonyl (C=O) groups is 1. The molecule has 1 aliphatic rings. The minimum atomic E-state index is -0.314. The zero-order chi connectivity index (χ0) is 17.4. The van der Waals surface area contributed by atoms with Crippen LogP contribution in [0.25, 0.3) is 11.0 Å². The third-order valence-corrected chi connectivity index (χ3v) is 4.47. The number of rotatable bonds is 4. The van der Waals surface area contributed by atoms with Crippen LogP contribution in [-0.2, 0) is 11.3 Å². The Bertz CT molecular complexity index is 1010. The molecule has 1 fully saturated rings. The minimum absolute atomic E-state index is 0.0156. The van der Waals surface area contributed by atoms with Gasteiger partial charge in [0.05, 0.1) is 17.2 Å². The normalized spacial score (nSPS) is 18.9. The van der Waals surface area contributed by atoms with Crippen molar-refractivity contribution in [1.82, 2.24) is 14.9 Å². The van der Waals surface area contributed by atoms with E-state index in [1.54, 1.807) is 24.3 Å². The van der Waals surface area contributed by atoms with Crippen LogP contribution in [0.4, 0.5) is 4.39 Å². The van der Waals surface area contributed by atoms with Crippen molar-refractivity contribution in [3.05, 3.63) is 76.5 Å². The first-order valence-electron chi connectivity index (χ1n) is 8.11. The Labute approximate surface area is 143 Å². The molecule has 5 nitrogen and oxygen atoms in total. The van der Waals surface area contributed by atoms with Crippen LogP contribution in [0.1, 0.15) is 17.9 Å². The maximum Gasteiger partial charge on any atom is 0.269 e. The summed E-state index contributed by atoms with van der Waals surface area (Å²) in [6.45, 7) is -0.0613. The lowest BCUT2D eigenvalue weighted by Crippen LogP contribution is -2.34. The number of aromatic nitrogens is 2. The first-order valence-corrected chi connectivity index (χ1v) is 8.11. The Hall–Kier alpha value is -3.02. The van der Waals surface area contributed by atoms with Gasteiger partial charge >= 0.3 is 0 Å². The van der Waals surface area contributed by atoms with Crippen molar-refractivity contribution in [2.45, 2.75) is 24.9 Å². The molecule has 25 heavy (non-hydrogen) atoms. The predicted molar refractivity (Wildman–Crippen MR) is 91.7 cm³/mol. The summed E-state index contributed by atoms with van der Waals surface area (Å²) < 4.78 is 14.7. The Morgan fingerprint density at radius 1 is 1.24 bits per heavy atom. The summed E-state index contributed by atoms with van der Waals surface area (Å²) in [5.41, 5.74) is 1.87. The average Bonchev–Trinajstić information content (AvgIpc) is 3.36. The van der Waals surface area contributed by atoms with Crippen molar-refractivity contribution in [2.24, 2.45) is 0 Å². The Morgan fingerprint density at radius 3 is 2.92 bits per heavy atom. The highest BCUT2D eigenvalue weighted by molar-refractivity contribution is 5.80. The molecule has 6 heteroatoms. The second-order valence-electron chi connectivity index (χ2n) is 6.24. The molecule has 1 amide bonds. The smallest absolute Gasteiger partial charge is 0.269 e. The zero-order valence-electron chi connectivity index (χ0n) is 13.4. The Kier molecular flexibility index (Phi) is 3.80. The van der Waals surface area contributed by atoms with Gasteiger partial charge in [-0.1, -0.05) is 24.3 Å². The third kappa shape index (κ3) is 3.15. The number of para-hydroxylation sites is 2. The molecule has 1 aromatic heterocycles. The van der Waals surface area contributed by atoms with Crippen LogP contribution in [0.3, 0.4) is 0 Å². The number of carbonyl (C=O) groups excluding carboxylic acids is 1. The number of halogens is 1. The van der Waals surface area contributed by atoms with Crippen LogP contribution >= 0.6 is 0 Å². The van der Waals surface area contributed by atoms with Gasteiger partial charge in [-0.15, -0.1) is 0 Å². The Balaban J connectivity index is 1.47. The van der Waals surface area contributed by atoms with Gasteiger partial charge in [0.25, 0.3) is 5.56 Å². The molecule has 0 radical (unpaired) electrons. The lowest BCUT2D eigenvalue weighted by molar-refractivity contribution is -0.121. The third-order valence-electron chi connectivity index (χ3n) is 4.47. The molecule has 4 rings (SSSR count). The summed E-state index contributed by atoms with van der Waals surface area (Å²) in [6.07, 6.45) is 2.00. The van der Waals surface area contributed by atoms with Crippen molar-refractivity contribution in [2.75, 3.05) is 0 Å². The fourth-order valence-electron chi connectivity index (χ4n) is 3.13. The molecule has 0 aliphatic heterocycles. The molecule has 1 saturated carbocycles. The average molecular weight is 337 g/mol. The SMILES string of the molecule is O=C(Cn1c(=O)cnc2ccccc21)N[C@@H]1C[C@H]1c1cccc(F)c1. The molecular weight excluding hydrogens is 321 g/mol. The van der Waals surface area contributed by atoms with Crippen molar-refractivity contribution in [1.29, 1.82) is 0 Å². The molecule has 2 atom stereocenters. The zero-order valence-corrected chi connectivity index (χ0v) is 13.4. The monoisotopic (exact) mass is 337 g/mol. The van der Waals surface area contributed by atoms with Crippen molar-refractivity contribution >= 4 is 16.9 Å². The van der Waals surface area contributed by atoms with E-state index in [0.29, 0.717) is 11.0 Å². The van der Waals surface area contributed by atoms with E-state index in [1.165, 1.54) is 22.9 Å². The lowest BCUT2D eigenvalue weighted by atomic mass is 10.1. The van der Waals surface area contributed by atoms with Crippen molar-refractivity contribution in [3.63, 3.8) is 0 Å². The lowest BCUT2D eigenvalue weighted by Gasteiger charge is -2.10. The van der Waals surface area contributed by atoms with Gasteiger partial charge in [-0.3, -0.25) is 14.2 Å². The highest BCUT2D eigenvalue weighted by atomic mass is 19.1. The Morgan fingerprint density at radius 2 is 2.08 bits per heavy atom. The van der Waals surface area contributed by atoms with Crippen LogP contribution < -0.4 is 10.9 Å². The van der Waals surface area contributed by atoms with Gasteiger partial charge in [-0.25, -0.2) is 9.37 Å². The number of amides is 1. The fraction of sp³-hybridized carbons (Fsp3) is 0.211. The number of fused-ring (bicyclic) bond motifs is 1. The molecule has 1 N–H and O–H groups in total. The van der Waals surface area contributed by atoms with Gasteiger partial charge in [-0.2, -0.15) is 0 Å². The van der Waals surface area contributed by atoms with Gasteiger partial charge < -0.3 is 5.32 Å². The van der Waals surface area contributed by atoms with Gasteiger partial charge in [0.2, 0.25) is 5.91 Å². The van der Waals surface area contributed by atoms with Gasteiger partial charge in [0.1, 0.15) is 12.4 Å². The van der Waals surface area contributed by atoms with E-state index >= 15 is 0 Å². The van der Waals surface area contributed by atoms with E-state index in [2.05, 4.69) is 10.3 Å². The van der Waals surface area contributed by atoms with Gasteiger partial charge in [0.15, 0.2) is 0 Å². The minimum Gasteiger partial charge on any atom is -0.351 e. The molecule has 1 heterocycles. The molecular formula is C19H16FN3O2. The number of nitrogens with zero attached hydrogens (tertiary/aromatic N) is 2. The largest absolute Gasteiger partial charge is 0.351 e. The molecule has 0 bridgehead atoms. The summed E-state index contributed by atoms with van der Waals surface area (Å²) in [4.78, 5) is 28.5. The van der Waals surface area contributed by atoms with E-state index in [9.17, 15) is 14.0 Å². The number of hydrogen-bond acceptors (Lipinski definition) is 3. The van der Waals surface area contributed by atoms with Crippen LogP contribution in [0.15, 0.2) is 59.5 Å². The molecule has 1 aliphatic carbocycles. The van der Waals surface area contributed by atoms with Gasteiger partial charge in [0, 0.05) is 12.0 Å². The molecule has 126 valence electrons. The number of hydrogen-bond donors (Lipinski definition) is 1. The number of benzene rings is 2. The molecule has 3 aromatic rings. The highest BCUT2D eigenvalue weighted by Gasteiger charge is 2.39. The molecule has 0 spiro atoms. The van der Waals surface area contributed by atoms with Gasteiger partial charge in [-0.05, 0) is 36.2 Å². The van der Waals surface area contributed by atoms with Crippen LogP contribution in [0.2, 0.25) is 0 Å². The summed E-state index contributed by atoms with van der Waals surface area (Å²) in [5, 5.41) is 2.92. The predicted octanol–water partition coefficient (Wildman–Crippen LogP) is 2.21. The summed E-state index contributed by atoms with van der Waals surface area (Å²) in [5.74, 6) is -0.378. The van der Waals surface area contributed by atoms with E-state index < -0.39 is 0 Å². The highest BCUT2D eigenvalue weighted by Crippen LogP contribution is 2.40. The molecule has 0 unspecified atom stereocenters. The first-order chi connectivity index (χ1) is 12.1. The maximum absolute atomic E-state index is 13.3. The second-order valence-corrected chi connectivity index (χ2v) is 6.24. The molecule has 2 aromatic carbocycles. The van der Waals surface area contributed by atoms with Crippen LogP contribution in [0, 0.1) is 5.82 Å². The fourth-order valence-corrected chi connectivity index (χ4v) is 3.13. The second kappa shape index (κ2) is 6.12. The van der Waals surface area contributed by atoms with Crippen molar-refractivity contribution < 1.29 is 9.18 Å². The van der Waals surface area contributed by atoms with E-state index in [-0.39, 0.29) is 35.8 Å². The van der Waals surface area contributed by atoms with E-state index in [0.717, 1.165) is 12.0 Å². The van der Waals surface area contributed by atoms with E-state index in [4.69, 9.17) is 0 Å². The standard InChI is InChI=1S/C19H16FN3O2/c20-13-5-3-4-12(8-13)14-9-16(14)22-18(24)11-23-17-7-2-1-6-15(17)21-10-19(23)25/h1-8,10,14,16H,9,11H2,(H,22,24)/t14-,16+/m0/s1. The van der Waals surface area contributed by atoms with Crippen LogP contribution in [0.5, 0.6) is 0 Å². The quantitative estimate of drug-likeness (QED) is 0.794. The summed E-state index contributed by atoms with van der Waals surface area (Å²) in [7, 11) is 0. The van der Waals surface area contributed by atoms with Crippen molar-refractivity contribution in [3.8, 4) is 0 Å². The van der Waals surface area contributed by atoms with E-state index in [1.807, 2.05) is 12.1 Å². The topological polar surface area (TPSA) is 64.0 Å².